The summed E-state index contributed by atoms with van der Waals surface area (Å²) in [4.78, 5) is 0. The summed E-state index contributed by atoms with van der Waals surface area (Å²) < 4.78 is 13.7. The molecule has 106 valence electrons. The van der Waals surface area contributed by atoms with E-state index >= 15 is 0 Å². The summed E-state index contributed by atoms with van der Waals surface area (Å²) in [6, 6.07) is 10.5. The number of halogens is 4. The molecule has 0 aromatic heterocycles. The molecule has 0 aliphatic rings. The molecule has 0 spiro atoms. The summed E-state index contributed by atoms with van der Waals surface area (Å²) >= 11 is 15.3. The maximum absolute atomic E-state index is 13.3. The van der Waals surface area contributed by atoms with Gasteiger partial charge in [0.2, 0.25) is 0 Å². The minimum Gasteiger partial charge on any atom is -0.313 e. The fourth-order valence-corrected chi connectivity index (χ4v) is 3.02. The van der Waals surface area contributed by atoms with Gasteiger partial charge in [-0.2, -0.15) is 0 Å². The van der Waals surface area contributed by atoms with E-state index in [1.807, 2.05) is 19.2 Å². The van der Waals surface area contributed by atoms with Gasteiger partial charge in [0.15, 0.2) is 0 Å². The van der Waals surface area contributed by atoms with Crippen LogP contribution in [0.5, 0.6) is 0 Å². The highest BCUT2D eigenvalue weighted by molar-refractivity contribution is 9.10. The van der Waals surface area contributed by atoms with Crippen LogP contribution in [0, 0.1) is 5.82 Å². The quantitative estimate of drug-likeness (QED) is 0.753. The highest BCUT2D eigenvalue weighted by atomic mass is 79.9. The Morgan fingerprint density at radius 2 is 1.95 bits per heavy atom. The molecule has 0 heterocycles. The van der Waals surface area contributed by atoms with Gasteiger partial charge in [-0.1, -0.05) is 35.3 Å². The van der Waals surface area contributed by atoms with Gasteiger partial charge in [0, 0.05) is 16.1 Å². The van der Waals surface area contributed by atoms with Crippen molar-refractivity contribution >= 4 is 39.1 Å². The minimum absolute atomic E-state index is 0.0390. The van der Waals surface area contributed by atoms with Gasteiger partial charge in [0.05, 0.1) is 4.47 Å². The first-order chi connectivity index (χ1) is 9.51. The molecule has 0 fully saturated rings. The molecule has 0 aliphatic heterocycles. The summed E-state index contributed by atoms with van der Waals surface area (Å²) in [6.07, 6.45) is 0.705. The molecule has 5 heteroatoms. The number of rotatable bonds is 4. The highest BCUT2D eigenvalue weighted by Gasteiger charge is 2.14. The lowest BCUT2D eigenvalue weighted by Gasteiger charge is -2.18. The Morgan fingerprint density at radius 1 is 1.20 bits per heavy atom. The third-order valence-electron chi connectivity index (χ3n) is 3.11. The number of hydrogen-bond donors (Lipinski definition) is 1. The van der Waals surface area contributed by atoms with Crippen LogP contribution in [0.1, 0.15) is 17.2 Å². The Balaban J connectivity index is 2.26. The first kappa shape index (κ1) is 15.8. The summed E-state index contributed by atoms with van der Waals surface area (Å²) in [5, 5.41) is 4.46. The van der Waals surface area contributed by atoms with Crippen LogP contribution in [0.25, 0.3) is 0 Å². The van der Waals surface area contributed by atoms with Gasteiger partial charge < -0.3 is 5.32 Å². The molecular weight excluding hydrogens is 364 g/mol. The molecule has 1 nitrogen and oxygen atoms in total. The summed E-state index contributed by atoms with van der Waals surface area (Å²) in [5.74, 6) is -0.265. The van der Waals surface area contributed by atoms with Gasteiger partial charge in [0.1, 0.15) is 5.82 Å². The molecule has 0 aliphatic carbocycles. The Labute approximate surface area is 136 Å². The lowest BCUT2D eigenvalue weighted by Crippen LogP contribution is -2.19. The lowest BCUT2D eigenvalue weighted by molar-refractivity contribution is 0.588. The van der Waals surface area contributed by atoms with Crippen LogP contribution < -0.4 is 5.32 Å². The van der Waals surface area contributed by atoms with Crippen molar-refractivity contribution in [1.82, 2.24) is 5.32 Å². The van der Waals surface area contributed by atoms with Gasteiger partial charge in [0.25, 0.3) is 0 Å². The Hall–Kier alpha value is -0.610. The van der Waals surface area contributed by atoms with Crippen molar-refractivity contribution in [3.63, 3.8) is 0 Å². The summed E-state index contributed by atoms with van der Waals surface area (Å²) in [6.45, 7) is 0. The van der Waals surface area contributed by atoms with E-state index in [0.29, 0.717) is 20.9 Å². The fraction of sp³-hybridized carbons (Fsp3) is 0.200. The van der Waals surface area contributed by atoms with Crippen molar-refractivity contribution in [1.29, 1.82) is 0 Å². The Kier molecular flexibility index (Phi) is 5.44. The van der Waals surface area contributed by atoms with Crippen LogP contribution in [0.15, 0.2) is 40.9 Å². The Bertz CT molecular complexity index is 619. The molecule has 1 atom stereocenters. The normalized spacial score (nSPS) is 12.4. The van der Waals surface area contributed by atoms with Crippen LogP contribution in [0.4, 0.5) is 4.39 Å². The van der Waals surface area contributed by atoms with Crippen LogP contribution in [0.2, 0.25) is 10.0 Å². The average molecular weight is 377 g/mol. The van der Waals surface area contributed by atoms with Gasteiger partial charge >= 0.3 is 0 Å². The molecule has 2 rings (SSSR count). The average Bonchev–Trinajstić information content (AvgIpc) is 2.41. The molecular formula is C15H13BrCl2FN. The number of benzene rings is 2. The maximum Gasteiger partial charge on any atom is 0.137 e. The van der Waals surface area contributed by atoms with E-state index in [2.05, 4.69) is 21.2 Å². The van der Waals surface area contributed by atoms with Gasteiger partial charge in [-0.3, -0.25) is 0 Å². The van der Waals surface area contributed by atoms with Gasteiger partial charge in [-0.15, -0.1) is 0 Å². The number of hydrogen-bond acceptors (Lipinski definition) is 1. The summed E-state index contributed by atoms with van der Waals surface area (Å²) in [7, 11) is 1.87. The molecule has 0 saturated heterocycles. The standard InChI is InChI=1S/C15H13BrCl2FN/c1-20-15(11-4-3-10(17)8-13(11)18)7-9-2-5-14(19)12(16)6-9/h2-6,8,15,20H,7H2,1H3. The van der Waals surface area contributed by atoms with E-state index in [9.17, 15) is 4.39 Å². The minimum atomic E-state index is -0.265. The first-order valence-corrected chi connectivity index (χ1v) is 7.62. The largest absolute Gasteiger partial charge is 0.313 e. The second-order valence-corrected chi connectivity index (χ2v) is 6.16. The van der Waals surface area contributed by atoms with E-state index in [4.69, 9.17) is 23.2 Å². The third kappa shape index (κ3) is 3.73. The van der Waals surface area contributed by atoms with Crippen LogP contribution in [-0.4, -0.2) is 7.05 Å². The number of nitrogens with one attached hydrogen (secondary N) is 1. The van der Waals surface area contributed by atoms with E-state index in [-0.39, 0.29) is 11.9 Å². The maximum atomic E-state index is 13.3. The van der Waals surface area contributed by atoms with E-state index in [0.717, 1.165) is 11.1 Å². The van der Waals surface area contributed by atoms with Gasteiger partial charge in [-0.25, -0.2) is 4.39 Å². The van der Waals surface area contributed by atoms with Crippen LogP contribution in [-0.2, 0) is 6.42 Å². The SMILES string of the molecule is CNC(Cc1ccc(F)c(Br)c1)c1ccc(Cl)cc1Cl. The van der Waals surface area contributed by atoms with Crippen LogP contribution >= 0.6 is 39.1 Å². The second-order valence-electron chi connectivity index (χ2n) is 4.46. The topological polar surface area (TPSA) is 12.0 Å². The molecule has 0 saturated carbocycles. The second kappa shape index (κ2) is 6.90. The molecule has 1 unspecified atom stereocenters. The first-order valence-electron chi connectivity index (χ1n) is 6.07. The zero-order chi connectivity index (χ0) is 14.7. The molecule has 2 aromatic carbocycles. The lowest BCUT2D eigenvalue weighted by atomic mass is 9.99. The van der Waals surface area contributed by atoms with Crippen molar-refractivity contribution in [3.8, 4) is 0 Å². The van der Waals surface area contributed by atoms with Crippen LogP contribution in [0.3, 0.4) is 0 Å². The number of likely N-dealkylation sites (N-methyl/N-ethyl adjacent to an activating group) is 1. The van der Waals surface area contributed by atoms with E-state index < -0.39 is 0 Å². The van der Waals surface area contributed by atoms with E-state index in [1.54, 1.807) is 18.2 Å². The molecule has 2 aromatic rings. The Morgan fingerprint density at radius 3 is 2.55 bits per heavy atom. The zero-order valence-electron chi connectivity index (χ0n) is 10.8. The van der Waals surface area contributed by atoms with Crippen molar-refractivity contribution < 1.29 is 4.39 Å². The summed E-state index contributed by atoms with van der Waals surface area (Å²) in [5.41, 5.74) is 1.99. The fourth-order valence-electron chi connectivity index (χ4n) is 2.05. The zero-order valence-corrected chi connectivity index (χ0v) is 13.9. The van der Waals surface area contributed by atoms with Crippen molar-refractivity contribution in [2.45, 2.75) is 12.5 Å². The smallest absolute Gasteiger partial charge is 0.137 e. The molecule has 0 radical (unpaired) electrons. The molecule has 20 heavy (non-hydrogen) atoms. The molecule has 1 N–H and O–H groups in total. The van der Waals surface area contributed by atoms with E-state index in [1.165, 1.54) is 6.07 Å². The monoisotopic (exact) mass is 375 g/mol. The van der Waals surface area contributed by atoms with Crippen molar-refractivity contribution in [3.05, 3.63) is 67.9 Å². The van der Waals surface area contributed by atoms with Gasteiger partial charge in [-0.05, 0) is 64.8 Å². The molecule has 0 amide bonds. The van der Waals surface area contributed by atoms with Crippen molar-refractivity contribution in [2.75, 3.05) is 7.05 Å². The predicted octanol–water partition coefficient (Wildman–Crippen LogP) is 5.40. The highest BCUT2D eigenvalue weighted by Crippen LogP contribution is 2.29. The predicted molar refractivity (Wildman–Crippen MR) is 86.1 cm³/mol. The van der Waals surface area contributed by atoms with Crippen molar-refractivity contribution in [2.24, 2.45) is 0 Å². The third-order valence-corrected chi connectivity index (χ3v) is 4.28. The molecule has 0 bridgehead atoms.